The molecule has 0 heterocycles. The first-order chi connectivity index (χ1) is 12.1. The number of rotatable bonds is 11. The minimum absolute atomic E-state index is 0. The van der Waals surface area contributed by atoms with Gasteiger partial charge in [-0.05, 0) is 31.0 Å². The molecule has 0 saturated carbocycles. The third-order valence-corrected chi connectivity index (χ3v) is 3.85. The van der Waals surface area contributed by atoms with Crippen LogP contribution in [0.2, 0.25) is 0 Å². The Bertz CT molecular complexity index is 505. The van der Waals surface area contributed by atoms with Gasteiger partial charge in [0.1, 0.15) is 11.5 Å². The molecule has 1 aromatic carbocycles. The first kappa shape index (κ1) is 24.8. The molecule has 26 heavy (non-hydrogen) atoms. The predicted molar refractivity (Wildman–Crippen MR) is 118 cm³/mol. The molecule has 0 fully saturated rings. The maximum Gasteiger partial charge on any atom is 0.191 e. The summed E-state index contributed by atoms with van der Waals surface area (Å²) in [5.41, 5.74) is 0.721. The third kappa shape index (κ3) is 9.47. The van der Waals surface area contributed by atoms with E-state index in [4.69, 9.17) is 9.47 Å². The maximum absolute atomic E-state index is 10.4. The fourth-order valence-corrected chi connectivity index (χ4v) is 2.41. The average Bonchev–Trinajstić information content (AvgIpc) is 2.64. The molecule has 6 nitrogen and oxygen atoms in total. The highest BCUT2D eigenvalue weighted by atomic mass is 127. The quantitative estimate of drug-likeness (QED) is 0.196. The van der Waals surface area contributed by atoms with E-state index in [0.717, 1.165) is 31.0 Å². The van der Waals surface area contributed by atoms with E-state index in [-0.39, 0.29) is 30.5 Å². The van der Waals surface area contributed by atoms with Crippen LogP contribution in [0, 0.1) is 0 Å². The van der Waals surface area contributed by atoms with Gasteiger partial charge < -0.3 is 25.2 Å². The summed E-state index contributed by atoms with van der Waals surface area (Å²) in [7, 11) is 3.18. The van der Waals surface area contributed by atoms with E-state index in [1.54, 1.807) is 32.4 Å². The second-order valence-corrected chi connectivity index (χ2v) is 5.87. The number of nitrogens with one attached hydrogen (secondary N) is 2. The number of aliphatic hydroxyl groups excluding tert-OH is 1. The smallest absolute Gasteiger partial charge is 0.191 e. The molecule has 0 bridgehead atoms. The van der Waals surface area contributed by atoms with E-state index < -0.39 is 6.10 Å². The van der Waals surface area contributed by atoms with Crippen molar-refractivity contribution >= 4 is 29.9 Å². The standard InChI is InChI=1S/C19H33N3O3.HI/c1-5-7-8-9-10-21-19(20-6-2)22-14-18(23)15-11-16(24-3)13-17(12-15)25-4;/h11-13,18,23H,5-10,14H2,1-4H3,(H2,20,21,22);1H. The lowest BCUT2D eigenvalue weighted by Gasteiger charge is -2.14. The van der Waals surface area contributed by atoms with Crippen LogP contribution in [0.5, 0.6) is 11.5 Å². The first-order valence-corrected chi connectivity index (χ1v) is 9.07. The Morgan fingerprint density at radius 2 is 1.69 bits per heavy atom. The Morgan fingerprint density at radius 3 is 2.23 bits per heavy atom. The van der Waals surface area contributed by atoms with Gasteiger partial charge in [0.15, 0.2) is 5.96 Å². The summed E-state index contributed by atoms with van der Waals surface area (Å²) < 4.78 is 10.5. The van der Waals surface area contributed by atoms with Crippen LogP contribution in [0.3, 0.4) is 0 Å². The zero-order valence-electron chi connectivity index (χ0n) is 16.4. The van der Waals surface area contributed by atoms with Crippen molar-refractivity contribution in [3.63, 3.8) is 0 Å². The van der Waals surface area contributed by atoms with Gasteiger partial charge in [0.05, 0.1) is 26.9 Å². The van der Waals surface area contributed by atoms with E-state index in [1.165, 1.54) is 19.3 Å². The second-order valence-electron chi connectivity index (χ2n) is 5.87. The number of aliphatic imine (C=N–C) groups is 1. The largest absolute Gasteiger partial charge is 0.497 e. The summed E-state index contributed by atoms with van der Waals surface area (Å²) >= 11 is 0. The van der Waals surface area contributed by atoms with Crippen molar-refractivity contribution in [2.75, 3.05) is 33.9 Å². The van der Waals surface area contributed by atoms with E-state index in [9.17, 15) is 5.11 Å². The van der Waals surface area contributed by atoms with Gasteiger partial charge in [-0.1, -0.05) is 26.2 Å². The van der Waals surface area contributed by atoms with Crippen LogP contribution in [-0.4, -0.2) is 44.9 Å². The highest BCUT2D eigenvalue weighted by molar-refractivity contribution is 14.0. The molecule has 1 rings (SSSR count). The molecular formula is C19H34IN3O3. The van der Waals surface area contributed by atoms with Crippen LogP contribution in [0.25, 0.3) is 0 Å². The van der Waals surface area contributed by atoms with Crippen molar-refractivity contribution in [2.45, 2.75) is 45.6 Å². The van der Waals surface area contributed by atoms with Gasteiger partial charge in [0.25, 0.3) is 0 Å². The second kappa shape index (κ2) is 14.9. The zero-order valence-corrected chi connectivity index (χ0v) is 18.7. The Labute approximate surface area is 174 Å². The predicted octanol–water partition coefficient (Wildman–Crippen LogP) is 3.49. The van der Waals surface area contributed by atoms with Crippen LogP contribution in [0.1, 0.15) is 51.2 Å². The van der Waals surface area contributed by atoms with Gasteiger partial charge in [-0.25, -0.2) is 0 Å². The molecule has 1 unspecified atom stereocenters. The lowest BCUT2D eigenvalue weighted by Crippen LogP contribution is -2.38. The van der Waals surface area contributed by atoms with Gasteiger partial charge in [-0.15, -0.1) is 24.0 Å². The molecule has 7 heteroatoms. The molecule has 0 amide bonds. The highest BCUT2D eigenvalue weighted by Crippen LogP contribution is 2.26. The molecule has 0 radical (unpaired) electrons. The van der Waals surface area contributed by atoms with Gasteiger partial charge in [0, 0.05) is 19.2 Å². The summed E-state index contributed by atoms with van der Waals surface area (Å²) in [5, 5.41) is 17.0. The number of unbranched alkanes of at least 4 members (excludes halogenated alkanes) is 3. The number of guanidine groups is 1. The zero-order chi connectivity index (χ0) is 18.5. The molecule has 0 aromatic heterocycles. The van der Waals surface area contributed by atoms with Gasteiger partial charge in [-0.3, -0.25) is 4.99 Å². The summed E-state index contributed by atoms with van der Waals surface area (Å²) in [6.45, 7) is 6.16. The van der Waals surface area contributed by atoms with Crippen LogP contribution >= 0.6 is 24.0 Å². The summed E-state index contributed by atoms with van der Waals surface area (Å²) in [4.78, 5) is 4.48. The number of nitrogens with zero attached hydrogens (tertiary/aromatic N) is 1. The maximum atomic E-state index is 10.4. The fourth-order valence-electron chi connectivity index (χ4n) is 2.41. The Morgan fingerprint density at radius 1 is 1.04 bits per heavy atom. The molecule has 0 aliphatic carbocycles. The molecule has 150 valence electrons. The first-order valence-electron chi connectivity index (χ1n) is 9.07. The highest BCUT2D eigenvalue weighted by Gasteiger charge is 2.11. The SMILES string of the molecule is CCCCCCNC(=NCC(O)c1cc(OC)cc(OC)c1)NCC.I. The minimum Gasteiger partial charge on any atom is -0.497 e. The lowest BCUT2D eigenvalue weighted by molar-refractivity contribution is 0.186. The molecular weight excluding hydrogens is 445 g/mol. The molecule has 1 atom stereocenters. The fraction of sp³-hybridized carbons (Fsp3) is 0.632. The van der Waals surface area contributed by atoms with Crippen LogP contribution in [-0.2, 0) is 0 Å². The molecule has 3 N–H and O–H groups in total. The van der Waals surface area contributed by atoms with Crippen molar-refractivity contribution in [3.05, 3.63) is 23.8 Å². The number of hydrogen-bond acceptors (Lipinski definition) is 4. The third-order valence-electron chi connectivity index (χ3n) is 3.85. The van der Waals surface area contributed by atoms with Crippen LogP contribution in [0.4, 0.5) is 0 Å². The van der Waals surface area contributed by atoms with Gasteiger partial charge in [0.2, 0.25) is 0 Å². The average molecular weight is 479 g/mol. The van der Waals surface area contributed by atoms with Crippen molar-refractivity contribution in [3.8, 4) is 11.5 Å². The normalized spacial score (nSPS) is 12.1. The van der Waals surface area contributed by atoms with E-state index in [1.807, 2.05) is 6.92 Å². The Hall–Kier alpha value is -1.22. The van der Waals surface area contributed by atoms with Gasteiger partial charge in [-0.2, -0.15) is 0 Å². The molecule has 0 spiro atoms. The molecule has 0 aliphatic heterocycles. The van der Waals surface area contributed by atoms with E-state index in [0.29, 0.717) is 11.5 Å². The Kier molecular flexibility index (Phi) is 14.2. The Balaban J connectivity index is 0.00000625. The van der Waals surface area contributed by atoms with E-state index in [2.05, 4.69) is 22.5 Å². The van der Waals surface area contributed by atoms with Crippen molar-refractivity contribution < 1.29 is 14.6 Å². The monoisotopic (exact) mass is 479 g/mol. The molecule has 1 aromatic rings. The number of ether oxygens (including phenoxy) is 2. The number of hydrogen-bond donors (Lipinski definition) is 3. The lowest BCUT2D eigenvalue weighted by atomic mass is 10.1. The van der Waals surface area contributed by atoms with Crippen LogP contribution in [0.15, 0.2) is 23.2 Å². The van der Waals surface area contributed by atoms with Crippen molar-refractivity contribution in [1.82, 2.24) is 10.6 Å². The minimum atomic E-state index is -0.723. The number of aliphatic hydroxyl groups is 1. The van der Waals surface area contributed by atoms with Crippen molar-refractivity contribution in [2.24, 2.45) is 4.99 Å². The van der Waals surface area contributed by atoms with Crippen molar-refractivity contribution in [1.29, 1.82) is 0 Å². The number of benzene rings is 1. The topological polar surface area (TPSA) is 75.1 Å². The van der Waals surface area contributed by atoms with Crippen LogP contribution < -0.4 is 20.1 Å². The summed E-state index contributed by atoms with van der Waals surface area (Å²) in [5.74, 6) is 2.03. The summed E-state index contributed by atoms with van der Waals surface area (Å²) in [6.07, 6.45) is 4.10. The number of methoxy groups -OCH3 is 2. The molecule has 0 saturated heterocycles. The number of halogens is 1. The molecule has 0 aliphatic rings. The summed E-state index contributed by atoms with van der Waals surface area (Å²) in [6, 6.07) is 5.38. The van der Waals surface area contributed by atoms with E-state index >= 15 is 0 Å². The van der Waals surface area contributed by atoms with Gasteiger partial charge >= 0.3 is 0 Å².